The molecule has 0 spiro atoms. The van der Waals surface area contributed by atoms with Crippen molar-refractivity contribution in [2.45, 2.75) is 13.2 Å². The summed E-state index contributed by atoms with van der Waals surface area (Å²) in [6, 6.07) is 11.7. The maximum atomic E-state index is 14.4. The number of benzene rings is 2. The van der Waals surface area contributed by atoms with E-state index >= 15 is 0 Å². The van der Waals surface area contributed by atoms with Crippen molar-refractivity contribution in [1.82, 2.24) is 9.55 Å². The van der Waals surface area contributed by atoms with Gasteiger partial charge in [-0.05, 0) is 35.9 Å². The Balaban J connectivity index is 1.51. The van der Waals surface area contributed by atoms with Crippen molar-refractivity contribution in [3.63, 3.8) is 0 Å². The smallest absolute Gasteiger partial charge is 0.352 e. The Morgan fingerprint density at radius 2 is 1.93 bits per heavy atom. The molecule has 0 N–H and O–H groups in total. The van der Waals surface area contributed by atoms with Gasteiger partial charge >= 0.3 is 5.69 Å². The summed E-state index contributed by atoms with van der Waals surface area (Å²) in [7, 11) is 1.85. The minimum absolute atomic E-state index is 0.0782. The van der Waals surface area contributed by atoms with Crippen LogP contribution in [0, 0.1) is 23.0 Å². The van der Waals surface area contributed by atoms with Gasteiger partial charge in [-0.25, -0.2) is 13.6 Å². The first-order chi connectivity index (χ1) is 14.4. The summed E-state index contributed by atoms with van der Waals surface area (Å²) in [6.45, 7) is 1.06. The molecule has 3 aromatic rings. The highest BCUT2D eigenvalue weighted by molar-refractivity contribution is 5.44. The average molecular weight is 410 g/mol. The number of fused-ring (bicyclic) bond motifs is 1. The lowest BCUT2D eigenvalue weighted by Gasteiger charge is -2.13. The van der Waals surface area contributed by atoms with Gasteiger partial charge in [-0.15, -0.1) is 0 Å². The Bertz CT molecular complexity index is 1200. The lowest BCUT2D eigenvalue weighted by molar-refractivity contribution is 0.289. The van der Waals surface area contributed by atoms with Gasteiger partial charge in [0.25, 0.3) is 0 Å². The van der Waals surface area contributed by atoms with Gasteiger partial charge in [0.05, 0.1) is 11.6 Å². The van der Waals surface area contributed by atoms with Gasteiger partial charge < -0.3 is 14.4 Å². The van der Waals surface area contributed by atoms with Gasteiger partial charge in [0.1, 0.15) is 18.2 Å². The molecule has 0 fully saturated rings. The van der Waals surface area contributed by atoms with Gasteiger partial charge in [-0.1, -0.05) is 6.07 Å². The van der Waals surface area contributed by atoms with E-state index < -0.39 is 23.1 Å². The van der Waals surface area contributed by atoms with Crippen molar-refractivity contribution in [2.75, 3.05) is 18.5 Å². The van der Waals surface area contributed by atoms with E-state index in [4.69, 9.17) is 14.7 Å². The molecule has 9 heteroatoms. The van der Waals surface area contributed by atoms with Crippen molar-refractivity contribution in [3.05, 3.63) is 75.7 Å². The summed E-state index contributed by atoms with van der Waals surface area (Å²) in [6.07, 6.45) is 0. The van der Waals surface area contributed by atoms with E-state index in [2.05, 4.69) is 4.98 Å². The summed E-state index contributed by atoms with van der Waals surface area (Å²) in [5, 5.41) is 8.91. The van der Waals surface area contributed by atoms with Crippen LogP contribution >= 0.6 is 0 Å². The summed E-state index contributed by atoms with van der Waals surface area (Å²) >= 11 is 0. The molecule has 2 aromatic carbocycles. The van der Waals surface area contributed by atoms with Crippen LogP contribution in [0.5, 0.6) is 17.4 Å². The fourth-order valence-electron chi connectivity index (χ4n) is 3.14. The minimum atomic E-state index is -0.919. The number of nitriles is 1. The van der Waals surface area contributed by atoms with Crippen molar-refractivity contribution < 1.29 is 18.3 Å². The van der Waals surface area contributed by atoms with E-state index in [-0.39, 0.29) is 23.8 Å². The molecule has 0 atom stereocenters. The summed E-state index contributed by atoms with van der Waals surface area (Å²) in [5.41, 5.74) is 0.0770. The first-order valence-corrected chi connectivity index (χ1v) is 9.06. The maximum absolute atomic E-state index is 14.4. The van der Waals surface area contributed by atoms with Crippen molar-refractivity contribution in [1.29, 1.82) is 5.26 Å². The molecule has 7 nitrogen and oxygen atoms in total. The highest BCUT2D eigenvalue weighted by Gasteiger charge is 2.19. The van der Waals surface area contributed by atoms with Gasteiger partial charge in [0.2, 0.25) is 5.88 Å². The number of ether oxygens (including phenoxy) is 2. The van der Waals surface area contributed by atoms with Crippen LogP contribution in [0.3, 0.4) is 0 Å². The molecule has 0 saturated carbocycles. The molecule has 1 aromatic heterocycles. The van der Waals surface area contributed by atoms with E-state index in [9.17, 15) is 13.6 Å². The number of rotatable bonds is 5. The maximum Gasteiger partial charge on any atom is 0.352 e. The van der Waals surface area contributed by atoms with E-state index in [1.807, 2.05) is 18.0 Å². The van der Waals surface area contributed by atoms with Crippen LogP contribution in [-0.2, 0) is 13.2 Å². The molecular weight excluding hydrogens is 394 g/mol. The molecule has 1 aliphatic heterocycles. The quantitative estimate of drug-likeness (QED) is 0.643. The molecule has 152 valence electrons. The third-order valence-corrected chi connectivity index (χ3v) is 4.64. The normalized spacial score (nSPS) is 12.4. The number of hydrogen-bond donors (Lipinski definition) is 0. The summed E-state index contributed by atoms with van der Waals surface area (Å²) < 4.78 is 41.2. The number of aromatic nitrogens is 2. The van der Waals surface area contributed by atoms with E-state index in [1.165, 1.54) is 16.7 Å². The van der Waals surface area contributed by atoms with Gasteiger partial charge in [-0.3, -0.25) is 4.57 Å². The topological polar surface area (TPSA) is 80.4 Å². The average Bonchev–Trinajstić information content (AvgIpc) is 3.11. The van der Waals surface area contributed by atoms with Crippen LogP contribution in [-0.4, -0.2) is 23.1 Å². The molecule has 0 saturated heterocycles. The zero-order valence-corrected chi connectivity index (χ0v) is 15.9. The number of anilines is 1. The fourth-order valence-corrected chi connectivity index (χ4v) is 3.14. The predicted molar refractivity (Wildman–Crippen MR) is 104 cm³/mol. The van der Waals surface area contributed by atoms with Crippen LogP contribution in [0.1, 0.15) is 11.1 Å². The Hall–Kier alpha value is -3.93. The first-order valence-electron chi connectivity index (χ1n) is 9.06. The van der Waals surface area contributed by atoms with Gasteiger partial charge in [0, 0.05) is 26.2 Å². The Labute approximate surface area is 170 Å². The Kier molecular flexibility index (Phi) is 5.06. The zero-order chi connectivity index (χ0) is 21.3. The Morgan fingerprint density at radius 3 is 2.67 bits per heavy atom. The van der Waals surface area contributed by atoms with Crippen LogP contribution < -0.4 is 20.1 Å². The SMILES string of the molecule is CN1CCn2c1cc(OCc1cc(F)c(Oc3cccc(C#N)c3)c(F)c1)nc2=O. The molecule has 0 unspecified atom stereocenters. The van der Waals surface area contributed by atoms with Crippen LogP contribution in [0.4, 0.5) is 14.6 Å². The second-order valence-electron chi connectivity index (χ2n) is 6.73. The molecular formula is C21H16F2N4O3. The minimum Gasteiger partial charge on any atom is -0.473 e. The predicted octanol–water partition coefficient (Wildman–Crippen LogP) is 3.21. The van der Waals surface area contributed by atoms with E-state index in [1.54, 1.807) is 18.2 Å². The number of hydrogen-bond acceptors (Lipinski definition) is 6. The second kappa shape index (κ2) is 7.83. The van der Waals surface area contributed by atoms with Crippen LogP contribution in [0.15, 0.2) is 47.3 Å². The second-order valence-corrected chi connectivity index (χ2v) is 6.73. The highest BCUT2D eigenvalue weighted by atomic mass is 19.1. The van der Waals surface area contributed by atoms with Crippen molar-refractivity contribution in [2.24, 2.45) is 0 Å². The van der Waals surface area contributed by atoms with Gasteiger partial charge in [-0.2, -0.15) is 10.2 Å². The largest absolute Gasteiger partial charge is 0.473 e. The summed E-state index contributed by atoms with van der Waals surface area (Å²) in [4.78, 5) is 17.8. The van der Waals surface area contributed by atoms with Gasteiger partial charge in [0.15, 0.2) is 17.4 Å². The van der Waals surface area contributed by atoms with Crippen molar-refractivity contribution >= 4 is 5.82 Å². The fraction of sp³-hybridized carbons (Fsp3) is 0.190. The molecule has 0 bridgehead atoms. The Morgan fingerprint density at radius 1 is 1.17 bits per heavy atom. The number of likely N-dealkylation sites (N-methyl/N-ethyl adjacent to an activating group) is 1. The first kappa shape index (κ1) is 19.4. The van der Waals surface area contributed by atoms with Crippen LogP contribution in [0.2, 0.25) is 0 Å². The van der Waals surface area contributed by atoms with E-state index in [0.717, 1.165) is 12.1 Å². The molecule has 1 aliphatic rings. The highest BCUT2D eigenvalue weighted by Crippen LogP contribution is 2.29. The standard InChI is InChI=1S/C21H16F2N4O3/c1-26-5-6-27-19(26)10-18(25-21(27)28)29-12-14-8-16(22)20(17(23)9-14)30-15-4-2-3-13(7-15)11-24/h2-4,7-10H,5-6,12H2,1H3. The zero-order valence-electron chi connectivity index (χ0n) is 15.9. The molecule has 2 heterocycles. The molecule has 30 heavy (non-hydrogen) atoms. The lowest BCUT2D eigenvalue weighted by atomic mass is 10.2. The molecule has 0 aliphatic carbocycles. The van der Waals surface area contributed by atoms with Crippen molar-refractivity contribution in [3.8, 4) is 23.4 Å². The molecule has 0 amide bonds. The monoisotopic (exact) mass is 410 g/mol. The lowest BCUT2D eigenvalue weighted by Crippen LogP contribution is -2.22. The third-order valence-electron chi connectivity index (χ3n) is 4.64. The number of nitrogens with zero attached hydrogens (tertiary/aromatic N) is 4. The van der Waals surface area contributed by atoms with E-state index in [0.29, 0.717) is 24.5 Å². The third kappa shape index (κ3) is 3.80. The number of halogens is 2. The van der Waals surface area contributed by atoms with Crippen LogP contribution in [0.25, 0.3) is 0 Å². The molecule has 4 rings (SSSR count). The molecule has 0 radical (unpaired) electrons. The summed E-state index contributed by atoms with van der Waals surface area (Å²) in [5.74, 6) is -1.53.